The second-order valence-electron chi connectivity index (χ2n) is 2.85. The van der Waals surface area contributed by atoms with E-state index in [1.54, 1.807) is 0 Å². The van der Waals surface area contributed by atoms with Gasteiger partial charge in [0.25, 0.3) is 0 Å². The summed E-state index contributed by atoms with van der Waals surface area (Å²) in [5.41, 5.74) is 0. The minimum atomic E-state index is 1.31. The van der Waals surface area contributed by atoms with E-state index in [9.17, 15) is 0 Å². The Hall–Kier alpha value is -1.74. The van der Waals surface area contributed by atoms with Gasteiger partial charge in [-0.15, -0.1) is 11.8 Å². The molecular weight excluding hydrogens is 240 g/mol. The molecule has 0 saturated carbocycles. The van der Waals surface area contributed by atoms with Gasteiger partial charge in [0.05, 0.1) is 0 Å². The van der Waals surface area contributed by atoms with E-state index in [2.05, 4.69) is 60.4 Å². The van der Waals surface area contributed by atoms with E-state index in [1.807, 2.05) is 55.4 Å². The molecule has 0 bridgehead atoms. The number of hydrogen-bond donors (Lipinski definition) is 0. The second kappa shape index (κ2) is 22.4. The van der Waals surface area contributed by atoms with Crippen molar-refractivity contribution >= 4 is 10.8 Å². The molecule has 2 rings (SSSR count). The summed E-state index contributed by atoms with van der Waals surface area (Å²) in [5.74, 6) is 5.36. The molecule has 0 fully saturated rings. The molecular formula is C20H32. The predicted molar refractivity (Wildman–Crippen MR) is 97.1 cm³/mol. The highest BCUT2D eigenvalue weighted by Crippen LogP contribution is 2.11. The van der Waals surface area contributed by atoms with E-state index in [-0.39, 0.29) is 0 Å². The molecule has 0 aliphatic carbocycles. The molecule has 20 heavy (non-hydrogen) atoms. The van der Waals surface area contributed by atoms with Crippen LogP contribution in [-0.4, -0.2) is 0 Å². The number of fused-ring (bicyclic) bond motifs is 1. The van der Waals surface area contributed by atoms with Crippen LogP contribution in [0.15, 0.2) is 48.5 Å². The van der Waals surface area contributed by atoms with Crippen LogP contribution >= 0.6 is 0 Å². The van der Waals surface area contributed by atoms with Gasteiger partial charge in [0.15, 0.2) is 0 Å². The summed E-state index contributed by atoms with van der Waals surface area (Å²) in [4.78, 5) is 0. The molecule has 0 spiro atoms. The summed E-state index contributed by atoms with van der Waals surface area (Å²) < 4.78 is 0. The van der Waals surface area contributed by atoms with Crippen molar-refractivity contribution in [3.63, 3.8) is 0 Å². The highest BCUT2D eigenvalue weighted by Gasteiger charge is 1.85. The summed E-state index contributed by atoms with van der Waals surface area (Å²) >= 11 is 0. The minimum absolute atomic E-state index is 1.31. The van der Waals surface area contributed by atoms with Gasteiger partial charge in [0.1, 0.15) is 0 Å². The van der Waals surface area contributed by atoms with Crippen LogP contribution in [0.4, 0.5) is 0 Å². The van der Waals surface area contributed by atoms with Crippen molar-refractivity contribution in [2.75, 3.05) is 0 Å². The Morgan fingerprint density at radius 2 is 0.700 bits per heavy atom. The molecule has 0 aliphatic heterocycles. The molecule has 0 nitrogen and oxygen atoms in total. The SMILES string of the molecule is CC.CC.CC.CC#CC.c1ccc2ccccc2c1. The summed E-state index contributed by atoms with van der Waals surface area (Å²) in [6.45, 7) is 15.6. The maximum Gasteiger partial charge on any atom is -0.00271 e. The summed E-state index contributed by atoms with van der Waals surface area (Å²) in [6, 6.07) is 16.7. The lowest BCUT2D eigenvalue weighted by atomic mass is 10.1. The molecule has 0 atom stereocenters. The highest BCUT2D eigenvalue weighted by atomic mass is 13.9. The lowest BCUT2D eigenvalue weighted by molar-refractivity contribution is 1.50. The van der Waals surface area contributed by atoms with E-state index in [4.69, 9.17) is 0 Å². The molecule has 0 unspecified atom stereocenters. The van der Waals surface area contributed by atoms with Gasteiger partial charge in [-0.05, 0) is 24.6 Å². The average molecular weight is 272 g/mol. The van der Waals surface area contributed by atoms with E-state index in [0.29, 0.717) is 0 Å². The first kappa shape index (κ1) is 23.4. The van der Waals surface area contributed by atoms with Crippen LogP contribution in [0.25, 0.3) is 10.8 Å². The predicted octanol–water partition coefficient (Wildman–Crippen LogP) is 6.95. The number of rotatable bonds is 0. The third kappa shape index (κ3) is 12.7. The van der Waals surface area contributed by atoms with Crippen molar-refractivity contribution in [3.05, 3.63) is 48.5 Å². The van der Waals surface area contributed by atoms with Crippen molar-refractivity contribution in [2.24, 2.45) is 0 Å². The average Bonchev–Trinajstić information content (AvgIpc) is 2.60. The molecule has 0 heterocycles. The number of hydrogen-bond acceptors (Lipinski definition) is 0. The van der Waals surface area contributed by atoms with Crippen LogP contribution in [0.5, 0.6) is 0 Å². The maximum atomic E-state index is 2.68. The largest absolute Gasteiger partial charge is 0.107 e. The first-order chi connectivity index (χ1) is 9.88. The number of benzene rings is 2. The van der Waals surface area contributed by atoms with Gasteiger partial charge in [0, 0.05) is 0 Å². The molecule has 0 N–H and O–H groups in total. The molecule has 0 amide bonds. The Morgan fingerprint density at radius 1 is 0.500 bits per heavy atom. The third-order valence-electron chi connectivity index (χ3n) is 1.91. The molecule has 2 aromatic carbocycles. The fourth-order valence-electron chi connectivity index (χ4n) is 1.13. The fourth-order valence-corrected chi connectivity index (χ4v) is 1.13. The van der Waals surface area contributed by atoms with Crippen molar-refractivity contribution < 1.29 is 0 Å². The lowest BCUT2D eigenvalue weighted by Gasteiger charge is -1.92. The van der Waals surface area contributed by atoms with Crippen LogP contribution in [-0.2, 0) is 0 Å². The molecule has 0 aromatic heterocycles. The quantitative estimate of drug-likeness (QED) is 0.455. The Balaban J connectivity index is -0.000000247. The molecule has 0 radical (unpaired) electrons. The molecule has 112 valence electrons. The van der Waals surface area contributed by atoms with E-state index >= 15 is 0 Å². The smallest absolute Gasteiger partial charge is 0.00271 e. The Labute approximate surface area is 127 Å². The van der Waals surface area contributed by atoms with E-state index in [0.717, 1.165) is 0 Å². The highest BCUT2D eigenvalue weighted by molar-refractivity contribution is 5.81. The standard InChI is InChI=1S/C10H8.C4H6.3C2H6/c1-2-6-10-8-4-3-7-9(10)5-1;1-3-4-2;3*1-2/h1-8H;1-2H3;3*1-2H3. The van der Waals surface area contributed by atoms with Gasteiger partial charge in [-0.1, -0.05) is 90.1 Å². The summed E-state index contributed by atoms with van der Waals surface area (Å²) in [7, 11) is 0. The first-order valence-corrected chi connectivity index (χ1v) is 7.65. The van der Waals surface area contributed by atoms with Crippen molar-refractivity contribution in [1.82, 2.24) is 0 Å². The van der Waals surface area contributed by atoms with Gasteiger partial charge in [-0.25, -0.2) is 0 Å². The second-order valence-corrected chi connectivity index (χ2v) is 2.85. The van der Waals surface area contributed by atoms with Crippen molar-refractivity contribution in [1.29, 1.82) is 0 Å². The zero-order valence-corrected chi connectivity index (χ0v) is 14.6. The third-order valence-corrected chi connectivity index (χ3v) is 1.91. The lowest BCUT2D eigenvalue weighted by Crippen LogP contribution is -1.67. The molecule has 0 saturated heterocycles. The zero-order chi connectivity index (χ0) is 16.2. The normalized spacial score (nSPS) is 6.60. The van der Waals surface area contributed by atoms with Gasteiger partial charge in [-0.3, -0.25) is 0 Å². The van der Waals surface area contributed by atoms with Crippen LogP contribution in [0.2, 0.25) is 0 Å². The van der Waals surface area contributed by atoms with E-state index in [1.165, 1.54) is 10.8 Å². The van der Waals surface area contributed by atoms with Gasteiger partial charge < -0.3 is 0 Å². The van der Waals surface area contributed by atoms with Gasteiger partial charge >= 0.3 is 0 Å². The molecule has 0 heteroatoms. The topological polar surface area (TPSA) is 0 Å². The van der Waals surface area contributed by atoms with Crippen molar-refractivity contribution in [2.45, 2.75) is 55.4 Å². The molecule has 2 aromatic rings. The monoisotopic (exact) mass is 272 g/mol. The maximum absolute atomic E-state index is 2.68. The van der Waals surface area contributed by atoms with E-state index < -0.39 is 0 Å². The summed E-state index contributed by atoms with van der Waals surface area (Å²) in [5, 5.41) is 2.62. The Bertz CT molecular complexity index is 373. The summed E-state index contributed by atoms with van der Waals surface area (Å²) in [6.07, 6.45) is 0. The van der Waals surface area contributed by atoms with Crippen LogP contribution in [0.1, 0.15) is 55.4 Å². The van der Waals surface area contributed by atoms with Crippen molar-refractivity contribution in [3.8, 4) is 11.8 Å². The Kier molecular flexibility index (Phi) is 26.2. The zero-order valence-electron chi connectivity index (χ0n) is 14.6. The van der Waals surface area contributed by atoms with Crippen LogP contribution < -0.4 is 0 Å². The minimum Gasteiger partial charge on any atom is -0.107 e. The van der Waals surface area contributed by atoms with Gasteiger partial charge in [-0.2, -0.15) is 0 Å². The molecule has 0 aliphatic rings. The Morgan fingerprint density at radius 3 is 0.850 bits per heavy atom. The fraction of sp³-hybridized carbons (Fsp3) is 0.400. The van der Waals surface area contributed by atoms with Crippen LogP contribution in [0, 0.1) is 11.8 Å². The van der Waals surface area contributed by atoms with Gasteiger partial charge in [0.2, 0.25) is 0 Å². The first-order valence-electron chi connectivity index (χ1n) is 7.65. The van der Waals surface area contributed by atoms with Crippen LogP contribution in [0.3, 0.4) is 0 Å².